The summed E-state index contributed by atoms with van der Waals surface area (Å²) in [5, 5.41) is 1.46. The van der Waals surface area contributed by atoms with Crippen LogP contribution in [0.3, 0.4) is 0 Å². The molecule has 3 atom stereocenters. The van der Waals surface area contributed by atoms with E-state index < -0.39 is 0 Å². The van der Waals surface area contributed by atoms with Gasteiger partial charge in [0.15, 0.2) is 0 Å². The van der Waals surface area contributed by atoms with Gasteiger partial charge in [0, 0.05) is 29.7 Å². The molecule has 1 saturated heterocycles. The van der Waals surface area contributed by atoms with Gasteiger partial charge in [-0.2, -0.15) is 0 Å². The number of rotatable bonds is 3. The smallest absolute Gasteiger partial charge is 0.136 e. The zero-order valence-electron chi connectivity index (χ0n) is 13.3. The largest absolute Gasteiger partial charge is 0.353 e. The maximum Gasteiger partial charge on any atom is 0.136 e. The van der Waals surface area contributed by atoms with Gasteiger partial charge in [-0.05, 0) is 25.0 Å². The summed E-state index contributed by atoms with van der Waals surface area (Å²) in [5.74, 6) is 0.919. The molecule has 0 spiro atoms. The lowest BCUT2D eigenvalue weighted by atomic mass is 9.84. The highest BCUT2D eigenvalue weighted by atomic mass is 15.2. The van der Waals surface area contributed by atoms with E-state index in [1.165, 1.54) is 56.1 Å². The fraction of sp³-hybridized carbons (Fsp3) is 0.579. The van der Waals surface area contributed by atoms with Gasteiger partial charge in [-0.25, -0.2) is 0 Å². The first-order valence-corrected chi connectivity index (χ1v) is 8.67. The molecule has 0 bridgehead atoms. The molecule has 3 unspecified atom stereocenters. The van der Waals surface area contributed by atoms with Gasteiger partial charge in [-0.15, -0.1) is 0 Å². The number of hydrogen-bond acceptors (Lipinski definition) is 0. The average Bonchev–Trinajstić information content (AvgIpc) is 3.03. The van der Waals surface area contributed by atoms with Gasteiger partial charge in [0.1, 0.15) is 5.54 Å². The molecule has 0 amide bonds. The van der Waals surface area contributed by atoms with Gasteiger partial charge in [0.05, 0.1) is 18.8 Å². The number of hydrogen-bond donors (Lipinski definition) is 2. The Bertz CT molecular complexity index is 657. The van der Waals surface area contributed by atoms with Crippen LogP contribution in [0.4, 0.5) is 0 Å². The number of aromatic amines is 1. The fourth-order valence-corrected chi connectivity index (χ4v) is 4.93. The molecule has 2 aromatic rings. The Morgan fingerprint density at radius 1 is 1.33 bits per heavy atom. The van der Waals surface area contributed by atoms with Crippen molar-refractivity contribution in [3.63, 3.8) is 0 Å². The number of benzene rings is 1. The van der Waals surface area contributed by atoms with Crippen molar-refractivity contribution in [2.24, 2.45) is 5.92 Å². The molecule has 2 aliphatic heterocycles. The van der Waals surface area contributed by atoms with Crippen LogP contribution < -0.4 is 4.90 Å². The van der Waals surface area contributed by atoms with E-state index in [1.54, 1.807) is 11.3 Å². The van der Waals surface area contributed by atoms with Crippen LogP contribution in [0.2, 0.25) is 0 Å². The summed E-state index contributed by atoms with van der Waals surface area (Å²) in [5.41, 5.74) is 4.81. The number of quaternary nitrogens is 1. The van der Waals surface area contributed by atoms with E-state index in [2.05, 4.69) is 43.1 Å². The lowest BCUT2D eigenvalue weighted by Crippen LogP contribution is -3.17. The molecule has 2 nitrogen and oxygen atoms in total. The minimum absolute atomic E-state index is 0.324. The second kappa shape index (κ2) is 4.88. The third-order valence-electron chi connectivity index (χ3n) is 6.02. The van der Waals surface area contributed by atoms with Gasteiger partial charge >= 0.3 is 0 Å². The number of aromatic nitrogens is 1. The van der Waals surface area contributed by atoms with Gasteiger partial charge in [0.2, 0.25) is 0 Å². The van der Waals surface area contributed by atoms with Gasteiger partial charge in [0.25, 0.3) is 0 Å². The van der Waals surface area contributed by atoms with Crippen LogP contribution in [0.25, 0.3) is 10.9 Å². The number of nitrogens with one attached hydrogen (secondary N) is 2. The first-order valence-electron chi connectivity index (χ1n) is 8.67. The number of H-pyrrole nitrogens is 1. The van der Waals surface area contributed by atoms with Crippen molar-refractivity contribution in [1.82, 2.24) is 4.98 Å². The molecule has 3 heterocycles. The second-order valence-electron chi connectivity index (χ2n) is 7.38. The normalized spacial score (nSPS) is 31.3. The summed E-state index contributed by atoms with van der Waals surface area (Å²) in [6.07, 6.45) is 6.76. The molecular formula is C19H27N2+. The lowest BCUT2D eigenvalue weighted by Gasteiger charge is -2.36. The molecule has 1 fully saturated rings. The molecule has 21 heavy (non-hydrogen) atoms. The molecule has 112 valence electrons. The van der Waals surface area contributed by atoms with Crippen molar-refractivity contribution in [2.75, 3.05) is 13.1 Å². The van der Waals surface area contributed by atoms with E-state index in [-0.39, 0.29) is 0 Å². The van der Waals surface area contributed by atoms with Crippen LogP contribution in [-0.4, -0.2) is 18.1 Å². The maximum absolute atomic E-state index is 3.78. The molecule has 4 rings (SSSR count). The first-order chi connectivity index (χ1) is 10.2. The third-order valence-corrected chi connectivity index (χ3v) is 6.02. The Hall–Kier alpha value is -1.28. The highest BCUT2D eigenvalue weighted by Crippen LogP contribution is 2.38. The Morgan fingerprint density at radius 3 is 3.05 bits per heavy atom. The Kier molecular flexibility index (Phi) is 3.11. The Labute approximate surface area is 127 Å². The molecule has 2 N–H and O–H groups in total. The lowest BCUT2D eigenvalue weighted by molar-refractivity contribution is -0.948. The van der Waals surface area contributed by atoms with E-state index in [9.17, 15) is 0 Å². The van der Waals surface area contributed by atoms with Crippen molar-refractivity contribution in [3.05, 3.63) is 35.5 Å². The molecule has 0 aliphatic carbocycles. The second-order valence-corrected chi connectivity index (χ2v) is 7.38. The van der Waals surface area contributed by atoms with E-state index in [1.807, 2.05) is 4.90 Å². The van der Waals surface area contributed by atoms with E-state index in [0.29, 0.717) is 5.54 Å². The molecule has 1 aromatic heterocycles. The zero-order valence-corrected chi connectivity index (χ0v) is 13.3. The standard InChI is InChI=1S/C19H26N2/c1-3-4-7-14-12-19(2)18-16(10-11-21(19)13-14)15-8-5-6-9-17(15)20-18/h5-6,8-9,14,20H,3-4,7,10-13H2,1-2H3/p+1. The minimum Gasteiger partial charge on any atom is -0.353 e. The Balaban J connectivity index is 1.73. The van der Waals surface area contributed by atoms with Crippen LogP contribution >= 0.6 is 0 Å². The fourth-order valence-electron chi connectivity index (χ4n) is 4.93. The molecular weight excluding hydrogens is 256 g/mol. The van der Waals surface area contributed by atoms with Crippen molar-refractivity contribution in [3.8, 4) is 0 Å². The molecule has 2 aliphatic rings. The summed E-state index contributed by atoms with van der Waals surface area (Å²) in [7, 11) is 0. The molecule has 0 radical (unpaired) electrons. The summed E-state index contributed by atoms with van der Waals surface area (Å²) in [6.45, 7) is 7.51. The molecule has 0 saturated carbocycles. The van der Waals surface area contributed by atoms with E-state index >= 15 is 0 Å². The van der Waals surface area contributed by atoms with E-state index in [0.717, 1.165) is 5.92 Å². The van der Waals surface area contributed by atoms with Gasteiger partial charge in [-0.3, -0.25) is 0 Å². The van der Waals surface area contributed by atoms with Gasteiger partial charge < -0.3 is 9.88 Å². The highest BCUT2D eigenvalue weighted by Gasteiger charge is 2.51. The molecule has 2 heteroatoms. The topological polar surface area (TPSA) is 20.2 Å². The Morgan fingerprint density at radius 2 is 2.19 bits per heavy atom. The van der Waals surface area contributed by atoms with Crippen molar-refractivity contribution in [2.45, 2.75) is 51.5 Å². The predicted molar refractivity (Wildman–Crippen MR) is 87.7 cm³/mol. The third kappa shape index (κ3) is 1.96. The van der Waals surface area contributed by atoms with Crippen LogP contribution in [0, 0.1) is 5.92 Å². The quantitative estimate of drug-likeness (QED) is 0.863. The van der Waals surface area contributed by atoms with Crippen molar-refractivity contribution in [1.29, 1.82) is 0 Å². The summed E-state index contributed by atoms with van der Waals surface area (Å²) in [4.78, 5) is 5.61. The zero-order chi connectivity index (χ0) is 14.4. The maximum atomic E-state index is 3.78. The van der Waals surface area contributed by atoms with Crippen LogP contribution in [-0.2, 0) is 12.0 Å². The number of para-hydroxylation sites is 1. The monoisotopic (exact) mass is 283 g/mol. The SMILES string of the molecule is CCCCC1C[NH+]2CCc3c([nH]c4ccccc34)C2(C)C1. The van der Waals surface area contributed by atoms with Crippen molar-refractivity contribution < 1.29 is 4.90 Å². The minimum atomic E-state index is 0.324. The number of unbranched alkanes of at least 4 members (excludes halogenated alkanes) is 1. The summed E-state index contributed by atoms with van der Waals surface area (Å²) < 4.78 is 0. The van der Waals surface area contributed by atoms with Crippen molar-refractivity contribution >= 4 is 10.9 Å². The molecule has 1 aromatic carbocycles. The highest BCUT2D eigenvalue weighted by molar-refractivity contribution is 5.85. The van der Waals surface area contributed by atoms with Crippen LogP contribution in [0.5, 0.6) is 0 Å². The van der Waals surface area contributed by atoms with E-state index in [4.69, 9.17) is 0 Å². The summed E-state index contributed by atoms with van der Waals surface area (Å²) in [6, 6.07) is 8.86. The first kappa shape index (κ1) is 13.4. The van der Waals surface area contributed by atoms with Crippen LogP contribution in [0.15, 0.2) is 24.3 Å². The summed E-state index contributed by atoms with van der Waals surface area (Å²) >= 11 is 0. The van der Waals surface area contributed by atoms with Crippen LogP contribution in [0.1, 0.15) is 50.8 Å². The average molecular weight is 283 g/mol. The number of fused-ring (bicyclic) bond motifs is 5. The van der Waals surface area contributed by atoms with Gasteiger partial charge in [-0.1, -0.05) is 38.0 Å². The predicted octanol–water partition coefficient (Wildman–Crippen LogP) is 3.03.